The van der Waals surface area contributed by atoms with E-state index in [4.69, 9.17) is 11.6 Å². The minimum absolute atomic E-state index is 0.162. The molecule has 9 rings (SSSR count). The number of benzene rings is 3. The van der Waals surface area contributed by atoms with Crippen LogP contribution >= 0.6 is 11.6 Å². The molecule has 7 atom stereocenters. The van der Waals surface area contributed by atoms with Crippen LogP contribution in [0.1, 0.15) is 118 Å². The molecule has 55 heavy (non-hydrogen) atoms. The summed E-state index contributed by atoms with van der Waals surface area (Å²) in [6, 6.07) is 19.6. The quantitative estimate of drug-likeness (QED) is 0.157. The first-order chi connectivity index (χ1) is 26.2. The van der Waals surface area contributed by atoms with Crippen LogP contribution in [0.2, 0.25) is 5.02 Å². The summed E-state index contributed by atoms with van der Waals surface area (Å²) in [6.07, 6.45) is 9.05. The van der Waals surface area contributed by atoms with Crippen molar-refractivity contribution in [3.8, 4) is 0 Å². The van der Waals surface area contributed by atoms with Crippen molar-refractivity contribution in [3.63, 3.8) is 0 Å². The number of halogens is 2. The number of hydrogen-bond donors (Lipinski definition) is 3. The molecule has 0 unspecified atom stereocenters. The number of anilines is 1. The summed E-state index contributed by atoms with van der Waals surface area (Å²) < 4.78 is 15.0. The van der Waals surface area contributed by atoms with Crippen LogP contribution in [0.3, 0.4) is 0 Å². The van der Waals surface area contributed by atoms with E-state index >= 15 is 4.39 Å². The van der Waals surface area contributed by atoms with Gasteiger partial charge in [0.05, 0.1) is 18.2 Å². The van der Waals surface area contributed by atoms with Crippen LogP contribution in [0.5, 0.6) is 0 Å². The summed E-state index contributed by atoms with van der Waals surface area (Å²) in [5.41, 5.74) is 2.48. The first-order valence-electron chi connectivity index (χ1n) is 20.4. The Morgan fingerprint density at radius 2 is 1.76 bits per heavy atom. The van der Waals surface area contributed by atoms with Gasteiger partial charge in [0.2, 0.25) is 0 Å². The molecule has 3 N–H and O–H groups in total. The number of urea groups is 1. The maximum atomic E-state index is 15.0. The van der Waals surface area contributed by atoms with Gasteiger partial charge in [-0.05, 0) is 142 Å². The molecule has 4 fully saturated rings. The second-order valence-electron chi connectivity index (χ2n) is 18.1. The maximum Gasteiger partial charge on any atom is 0.321 e. The van der Waals surface area contributed by atoms with Crippen LogP contribution in [-0.2, 0) is 12.8 Å². The van der Waals surface area contributed by atoms with Gasteiger partial charge in [0.15, 0.2) is 5.78 Å². The van der Waals surface area contributed by atoms with E-state index in [1.54, 1.807) is 6.07 Å². The molecule has 6 aliphatic carbocycles. The molecule has 3 aromatic rings. The zero-order valence-corrected chi connectivity index (χ0v) is 33.7. The Balaban J connectivity index is 1.27. The highest BCUT2D eigenvalue weighted by atomic mass is 35.5. The average molecular weight is 769 g/mol. The lowest BCUT2D eigenvalue weighted by Crippen LogP contribution is -2.58. The number of carbonyl (C=O) groups is 2. The first-order valence-corrected chi connectivity index (χ1v) is 20.8. The van der Waals surface area contributed by atoms with E-state index in [-0.39, 0.29) is 46.7 Å². The Hall–Kier alpha value is -3.52. The van der Waals surface area contributed by atoms with Gasteiger partial charge in [0.1, 0.15) is 5.82 Å². The van der Waals surface area contributed by atoms with E-state index in [2.05, 4.69) is 39.1 Å². The number of rotatable bonds is 8. The molecule has 294 valence electrons. The number of nitrogens with zero attached hydrogens (tertiary/aromatic N) is 1. The molecular formula is C47H58ClFN2O4. The van der Waals surface area contributed by atoms with Gasteiger partial charge in [-0.1, -0.05) is 80.4 Å². The fourth-order valence-corrected chi connectivity index (χ4v) is 11.2. The maximum absolute atomic E-state index is 15.0. The molecule has 6 aliphatic rings. The number of ketones is 1. The van der Waals surface area contributed by atoms with E-state index in [1.165, 1.54) is 30.5 Å². The molecule has 0 aliphatic heterocycles. The Morgan fingerprint density at radius 3 is 2.49 bits per heavy atom. The van der Waals surface area contributed by atoms with Gasteiger partial charge in [0, 0.05) is 40.2 Å². The average Bonchev–Trinajstić information content (AvgIpc) is 3.40. The zero-order chi connectivity index (χ0) is 39.1. The highest BCUT2D eigenvalue weighted by Gasteiger charge is 2.59. The van der Waals surface area contributed by atoms with Crippen LogP contribution in [0.4, 0.5) is 14.9 Å². The zero-order valence-electron chi connectivity index (χ0n) is 32.9. The molecule has 0 aromatic heterocycles. The smallest absolute Gasteiger partial charge is 0.321 e. The first kappa shape index (κ1) is 39.7. The van der Waals surface area contributed by atoms with Gasteiger partial charge < -0.3 is 20.4 Å². The number of nitrogens with one attached hydrogen (secondary N) is 1. The SMILES string of the molecule is CC1=CCC[C@@]2(C)[C@@H](CC[C@@]2(O)CN(C[C@@H]2CC[C@H]3C[C@@H]2C3(C)C)C(=O)Nc2ccccc2)c2ccc(cc2C(=O)Cc2c(F)cccc2Cl)C[C@@H](O)CC1. The van der Waals surface area contributed by atoms with Crippen LogP contribution < -0.4 is 5.32 Å². The molecule has 0 heterocycles. The minimum Gasteiger partial charge on any atom is -0.393 e. The molecule has 4 bridgehead atoms. The van der Waals surface area contributed by atoms with Crippen molar-refractivity contribution >= 4 is 29.1 Å². The fraction of sp³-hybridized carbons (Fsp3) is 0.532. The number of fused-ring (bicyclic) bond motifs is 10. The van der Waals surface area contributed by atoms with Crippen molar-refractivity contribution < 1.29 is 24.2 Å². The third-order valence-electron chi connectivity index (χ3n) is 14.6. The van der Waals surface area contributed by atoms with Gasteiger partial charge >= 0.3 is 6.03 Å². The molecule has 4 saturated carbocycles. The third kappa shape index (κ3) is 7.91. The van der Waals surface area contributed by atoms with Crippen molar-refractivity contribution in [1.82, 2.24) is 4.90 Å². The lowest BCUT2D eigenvalue weighted by molar-refractivity contribution is -0.117. The molecular weight excluding hydrogens is 711 g/mol. The van der Waals surface area contributed by atoms with Crippen molar-refractivity contribution in [2.75, 3.05) is 18.4 Å². The Bertz CT molecular complexity index is 1910. The number of amides is 2. The van der Waals surface area contributed by atoms with E-state index in [0.29, 0.717) is 62.5 Å². The molecule has 8 heteroatoms. The molecule has 0 spiro atoms. The summed E-state index contributed by atoms with van der Waals surface area (Å²) in [7, 11) is 0. The van der Waals surface area contributed by atoms with Gasteiger partial charge in [-0.2, -0.15) is 0 Å². The fourth-order valence-electron chi connectivity index (χ4n) is 10.9. The van der Waals surface area contributed by atoms with E-state index in [1.807, 2.05) is 53.4 Å². The Labute approximate surface area is 331 Å². The van der Waals surface area contributed by atoms with Crippen molar-refractivity contribution in [3.05, 3.63) is 111 Å². The Kier molecular flexibility index (Phi) is 11.4. The number of allylic oxidation sites excluding steroid dienone is 2. The van der Waals surface area contributed by atoms with Crippen molar-refractivity contribution in [2.45, 2.75) is 116 Å². The van der Waals surface area contributed by atoms with E-state index in [0.717, 1.165) is 35.6 Å². The molecule has 3 aromatic carbocycles. The number of Topliss-reactive ketones (excluding diaryl/α,β-unsaturated/α-hetero) is 1. The second kappa shape index (κ2) is 15.8. The Morgan fingerprint density at radius 1 is 0.982 bits per heavy atom. The van der Waals surface area contributed by atoms with Crippen LogP contribution in [0.25, 0.3) is 0 Å². The van der Waals surface area contributed by atoms with Crippen LogP contribution in [-0.4, -0.2) is 51.7 Å². The number of para-hydroxylation sites is 1. The van der Waals surface area contributed by atoms with Gasteiger partial charge in [0.25, 0.3) is 0 Å². The largest absolute Gasteiger partial charge is 0.393 e. The van der Waals surface area contributed by atoms with Crippen LogP contribution in [0.15, 0.2) is 78.4 Å². The molecule has 0 radical (unpaired) electrons. The normalized spacial score (nSPS) is 30.0. The highest BCUT2D eigenvalue weighted by molar-refractivity contribution is 6.31. The predicted octanol–water partition coefficient (Wildman–Crippen LogP) is 10.5. The second-order valence-corrected chi connectivity index (χ2v) is 18.5. The third-order valence-corrected chi connectivity index (χ3v) is 14.9. The summed E-state index contributed by atoms with van der Waals surface area (Å²) >= 11 is 6.43. The highest BCUT2D eigenvalue weighted by Crippen LogP contribution is 2.62. The van der Waals surface area contributed by atoms with Gasteiger partial charge in [-0.25, -0.2) is 9.18 Å². The lowest BCUT2D eigenvalue weighted by atomic mass is 9.45. The van der Waals surface area contributed by atoms with Crippen molar-refractivity contribution in [2.24, 2.45) is 28.6 Å². The van der Waals surface area contributed by atoms with E-state index < -0.39 is 22.9 Å². The summed E-state index contributed by atoms with van der Waals surface area (Å²) in [5.74, 6) is 0.634. The standard InChI is InChI=1S/C47H58ClFN2O4/c1-30-10-9-22-46(4)39(36-20-16-31(24-35(52)19-15-30)25-37(36)43(53)27-38-41(48)13-8-14-42(38)49)21-23-47(46,55)29-51(44(54)50-34-11-6-5-7-12-34)28-32-17-18-33-26-40(32)45(33,2)3/h5-8,10-14,16,20,25,32-33,35,39-40,52,55H,9,15,17-19,21-24,26-29H2,1-4H3,(H,50,54)/t32-,33-,35-,39-,40-,46-,47+/m0/s1. The minimum atomic E-state index is -1.26. The van der Waals surface area contributed by atoms with Gasteiger partial charge in [-0.3, -0.25) is 4.79 Å². The van der Waals surface area contributed by atoms with Crippen molar-refractivity contribution in [1.29, 1.82) is 0 Å². The van der Waals surface area contributed by atoms with E-state index in [9.17, 15) is 19.8 Å². The lowest BCUT2D eigenvalue weighted by Gasteiger charge is -2.60. The number of carbonyl (C=O) groups excluding carboxylic acids is 2. The summed E-state index contributed by atoms with van der Waals surface area (Å²) in [6.45, 7) is 9.74. The monoisotopic (exact) mass is 768 g/mol. The van der Waals surface area contributed by atoms with Gasteiger partial charge in [-0.15, -0.1) is 0 Å². The molecule has 0 saturated heterocycles. The topological polar surface area (TPSA) is 89.9 Å². The predicted molar refractivity (Wildman–Crippen MR) is 218 cm³/mol. The van der Waals surface area contributed by atoms with Crippen LogP contribution in [0, 0.1) is 34.4 Å². The summed E-state index contributed by atoms with van der Waals surface area (Å²) in [4.78, 5) is 30.6. The molecule has 6 nitrogen and oxygen atoms in total. The number of aliphatic hydroxyl groups excluding tert-OH is 1. The summed E-state index contributed by atoms with van der Waals surface area (Å²) in [5, 5.41) is 27.6. The number of hydrogen-bond acceptors (Lipinski definition) is 4. The molecule has 2 amide bonds. The number of aliphatic hydroxyl groups is 2.